The Morgan fingerprint density at radius 1 is 0.897 bits per heavy atom. The van der Waals surface area contributed by atoms with E-state index in [-0.39, 0.29) is 0 Å². The third kappa shape index (κ3) is 4.07. The van der Waals surface area contributed by atoms with Crippen LogP contribution in [0.5, 0.6) is 0 Å². The van der Waals surface area contributed by atoms with Crippen LogP contribution in [0.1, 0.15) is 16.7 Å². The van der Waals surface area contributed by atoms with E-state index in [1.165, 1.54) is 14.7 Å². The first kappa shape index (κ1) is 18.1. The Kier molecular flexibility index (Phi) is 4.85. The number of hydrogen-bond donors (Lipinski definition) is 1. The second kappa shape index (κ2) is 7.79. The zero-order valence-electron chi connectivity index (χ0n) is 15.6. The smallest absolute Gasteiger partial charge is 0.140 e. The van der Waals surface area contributed by atoms with Gasteiger partial charge in [-0.05, 0) is 76.0 Å². The number of H-pyrrole nitrogens is 1. The third-order valence-corrected chi connectivity index (χ3v) is 5.58. The van der Waals surface area contributed by atoms with Gasteiger partial charge in [-0.2, -0.15) is 0 Å². The standard InChI is InChI=1S/C23H18IN5/c24-20-4-1-16(2-5-20)9-17-3-6-21-22(11-17)28-23(27-21)19-10-18(12-26-13-19)14-29-8-7-25-15-29/h1-8,10-13,15H,9,14H2,(H,27,28). The zero-order chi connectivity index (χ0) is 19.6. The average Bonchev–Trinajstić information content (AvgIpc) is 3.39. The fraction of sp³-hybridized carbons (Fsp3) is 0.0870. The van der Waals surface area contributed by atoms with Crippen molar-refractivity contribution in [3.05, 3.63) is 99.9 Å². The van der Waals surface area contributed by atoms with Crippen LogP contribution in [-0.4, -0.2) is 24.5 Å². The molecule has 0 saturated carbocycles. The summed E-state index contributed by atoms with van der Waals surface area (Å²) in [5.41, 5.74) is 6.66. The van der Waals surface area contributed by atoms with Gasteiger partial charge in [0.15, 0.2) is 0 Å². The average molecular weight is 491 g/mol. The van der Waals surface area contributed by atoms with Gasteiger partial charge in [0.2, 0.25) is 0 Å². The molecule has 0 aliphatic rings. The molecule has 0 aliphatic carbocycles. The van der Waals surface area contributed by atoms with Gasteiger partial charge in [0.05, 0.1) is 23.9 Å². The molecular weight excluding hydrogens is 473 g/mol. The summed E-state index contributed by atoms with van der Waals surface area (Å²) < 4.78 is 3.28. The van der Waals surface area contributed by atoms with Crippen molar-refractivity contribution in [1.29, 1.82) is 0 Å². The van der Waals surface area contributed by atoms with E-state index in [2.05, 4.69) is 86.1 Å². The van der Waals surface area contributed by atoms with Crippen LogP contribution in [-0.2, 0) is 13.0 Å². The molecule has 0 fully saturated rings. The number of aromatic amines is 1. The van der Waals surface area contributed by atoms with Gasteiger partial charge in [-0.15, -0.1) is 0 Å². The number of fused-ring (bicyclic) bond motifs is 1. The van der Waals surface area contributed by atoms with Crippen molar-refractivity contribution in [3.63, 3.8) is 0 Å². The summed E-state index contributed by atoms with van der Waals surface area (Å²) in [7, 11) is 0. The summed E-state index contributed by atoms with van der Waals surface area (Å²) >= 11 is 2.33. The van der Waals surface area contributed by atoms with Crippen LogP contribution in [0.4, 0.5) is 0 Å². The summed E-state index contributed by atoms with van der Waals surface area (Å²) in [5.74, 6) is 0.839. The predicted octanol–water partition coefficient (Wildman–Crippen LogP) is 5.07. The lowest BCUT2D eigenvalue weighted by atomic mass is 10.0. The van der Waals surface area contributed by atoms with Crippen LogP contribution >= 0.6 is 22.6 Å². The molecule has 1 N–H and O–H groups in total. The SMILES string of the molecule is Ic1ccc(Cc2ccc3[nH]c(-c4cncc(Cn5ccnc5)c4)nc3c2)cc1. The molecule has 0 amide bonds. The maximum atomic E-state index is 4.82. The van der Waals surface area contributed by atoms with Crippen molar-refractivity contribution in [1.82, 2.24) is 24.5 Å². The Hall–Kier alpha value is -3.00. The van der Waals surface area contributed by atoms with Crippen LogP contribution < -0.4 is 0 Å². The summed E-state index contributed by atoms with van der Waals surface area (Å²) in [6.45, 7) is 0.737. The number of halogens is 1. The first-order valence-electron chi connectivity index (χ1n) is 9.36. The molecule has 0 aliphatic heterocycles. The van der Waals surface area contributed by atoms with Crippen LogP contribution in [0.3, 0.4) is 0 Å². The molecule has 5 nitrogen and oxygen atoms in total. The molecule has 142 valence electrons. The molecule has 0 spiro atoms. The maximum absolute atomic E-state index is 4.82. The first-order chi connectivity index (χ1) is 14.2. The van der Waals surface area contributed by atoms with Crippen LogP contribution in [0.15, 0.2) is 79.6 Å². The molecular formula is C23H18IN5. The van der Waals surface area contributed by atoms with Gasteiger partial charge in [0, 0.05) is 33.9 Å². The number of nitrogens with one attached hydrogen (secondary N) is 1. The number of nitrogens with zero attached hydrogens (tertiary/aromatic N) is 4. The molecule has 29 heavy (non-hydrogen) atoms. The number of imidazole rings is 2. The number of rotatable bonds is 5. The second-order valence-electron chi connectivity index (χ2n) is 7.06. The van der Waals surface area contributed by atoms with Crippen LogP contribution in [0, 0.1) is 3.57 Å². The van der Waals surface area contributed by atoms with E-state index in [0.29, 0.717) is 0 Å². The quantitative estimate of drug-likeness (QED) is 0.350. The molecule has 5 rings (SSSR count). The minimum atomic E-state index is 0.737. The lowest BCUT2D eigenvalue weighted by Gasteiger charge is -2.03. The lowest BCUT2D eigenvalue weighted by Crippen LogP contribution is -1.97. The topological polar surface area (TPSA) is 59.4 Å². The fourth-order valence-corrected chi connectivity index (χ4v) is 3.79. The molecule has 3 aromatic heterocycles. The van der Waals surface area contributed by atoms with Gasteiger partial charge >= 0.3 is 0 Å². The third-order valence-electron chi connectivity index (χ3n) is 4.86. The van der Waals surface area contributed by atoms with Crippen LogP contribution in [0.25, 0.3) is 22.4 Å². The van der Waals surface area contributed by atoms with E-state index in [4.69, 9.17) is 4.98 Å². The van der Waals surface area contributed by atoms with Gasteiger partial charge in [0.1, 0.15) is 5.82 Å². The molecule has 0 radical (unpaired) electrons. The molecule has 0 bridgehead atoms. The molecule has 2 aromatic carbocycles. The predicted molar refractivity (Wildman–Crippen MR) is 123 cm³/mol. The highest BCUT2D eigenvalue weighted by atomic mass is 127. The minimum Gasteiger partial charge on any atom is -0.338 e. The van der Waals surface area contributed by atoms with Crippen molar-refractivity contribution in [3.8, 4) is 11.4 Å². The highest BCUT2D eigenvalue weighted by Crippen LogP contribution is 2.23. The Morgan fingerprint density at radius 3 is 2.59 bits per heavy atom. The molecule has 0 saturated heterocycles. The van der Waals surface area contributed by atoms with Crippen molar-refractivity contribution in [2.45, 2.75) is 13.0 Å². The summed E-state index contributed by atoms with van der Waals surface area (Å²) in [5, 5.41) is 0. The molecule has 5 aromatic rings. The number of benzene rings is 2. The largest absolute Gasteiger partial charge is 0.338 e. The van der Waals surface area contributed by atoms with Gasteiger partial charge in [0.25, 0.3) is 0 Å². The normalized spacial score (nSPS) is 11.2. The van der Waals surface area contributed by atoms with E-state index in [1.807, 2.05) is 29.5 Å². The monoisotopic (exact) mass is 491 g/mol. The highest BCUT2D eigenvalue weighted by Gasteiger charge is 2.08. The van der Waals surface area contributed by atoms with Crippen molar-refractivity contribution in [2.75, 3.05) is 0 Å². The van der Waals surface area contributed by atoms with Gasteiger partial charge < -0.3 is 9.55 Å². The highest BCUT2D eigenvalue weighted by molar-refractivity contribution is 14.1. The van der Waals surface area contributed by atoms with E-state index in [9.17, 15) is 0 Å². The Bertz CT molecular complexity index is 1260. The fourth-order valence-electron chi connectivity index (χ4n) is 3.43. The number of pyridine rings is 1. The number of hydrogen-bond acceptors (Lipinski definition) is 3. The minimum absolute atomic E-state index is 0.737. The number of aromatic nitrogens is 5. The lowest BCUT2D eigenvalue weighted by molar-refractivity contribution is 0.793. The first-order valence-corrected chi connectivity index (χ1v) is 10.4. The van der Waals surface area contributed by atoms with E-state index in [1.54, 1.807) is 6.20 Å². The zero-order valence-corrected chi connectivity index (χ0v) is 17.7. The van der Waals surface area contributed by atoms with Gasteiger partial charge in [-0.3, -0.25) is 4.98 Å². The van der Waals surface area contributed by atoms with Gasteiger partial charge in [-0.25, -0.2) is 9.97 Å². The Labute approximate surface area is 182 Å². The molecule has 3 heterocycles. The maximum Gasteiger partial charge on any atom is 0.140 e. The molecule has 6 heteroatoms. The van der Waals surface area contributed by atoms with Crippen LogP contribution in [0.2, 0.25) is 0 Å². The Balaban J connectivity index is 1.42. The van der Waals surface area contributed by atoms with Gasteiger partial charge in [-0.1, -0.05) is 18.2 Å². The van der Waals surface area contributed by atoms with Crippen molar-refractivity contribution < 1.29 is 0 Å². The van der Waals surface area contributed by atoms with Crippen molar-refractivity contribution >= 4 is 33.6 Å². The second-order valence-corrected chi connectivity index (χ2v) is 8.30. The summed E-state index contributed by atoms with van der Waals surface area (Å²) in [4.78, 5) is 16.7. The van der Waals surface area contributed by atoms with E-state index >= 15 is 0 Å². The summed E-state index contributed by atoms with van der Waals surface area (Å²) in [6.07, 6.45) is 10.2. The summed E-state index contributed by atoms with van der Waals surface area (Å²) in [6, 6.07) is 17.2. The molecule has 0 atom stereocenters. The van der Waals surface area contributed by atoms with E-state index < -0.39 is 0 Å². The Morgan fingerprint density at radius 2 is 1.76 bits per heavy atom. The molecule has 0 unspecified atom stereocenters. The van der Waals surface area contributed by atoms with Crippen molar-refractivity contribution in [2.24, 2.45) is 0 Å². The van der Waals surface area contributed by atoms with E-state index in [0.717, 1.165) is 41.0 Å².